The van der Waals surface area contributed by atoms with Crippen molar-refractivity contribution in [1.82, 2.24) is 9.80 Å². The molecule has 11 nitrogen and oxygen atoms in total. The average Bonchev–Trinajstić information content (AvgIpc) is 2.62. The van der Waals surface area contributed by atoms with Gasteiger partial charge in [-0.05, 0) is 12.0 Å². The quantitative estimate of drug-likeness (QED) is 0.226. The Labute approximate surface area is 173 Å². The molecule has 30 heavy (non-hydrogen) atoms. The number of phenols is 1. The first-order chi connectivity index (χ1) is 14.2. The molecule has 0 aliphatic carbocycles. The summed E-state index contributed by atoms with van der Waals surface area (Å²) in [6, 6.07) is 3.36. The maximum absolute atomic E-state index is 11.1. The number of ether oxygens (including phenoxy) is 1. The van der Waals surface area contributed by atoms with Gasteiger partial charge in [0.1, 0.15) is 12.5 Å². The molecule has 0 spiro atoms. The number of nitrogens with zero attached hydrogens (tertiary/aromatic N) is 2. The lowest BCUT2D eigenvalue weighted by Crippen LogP contribution is -2.34. The third-order valence-electron chi connectivity index (χ3n) is 4.06. The van der Waals surface area contributed by atoms with Gasteiger partial charge in [0.05, 0.1) is 19.6 Å². The van der Waals surface area contributed by atoms with E-state index >= 15 is 0 Å². The van der Waals surface area contributed by atoms with Gasteiger partial charge in [-0.2, -0.15) is 0 Å². The number of benzene rings is 1. The molecule has 4 N–H and O–H groups in total. The van der Waals surface area contributed by atoms with Gasteiger partial charge in [-0.25, -0.2) is 0 Å². The lowest BCUT2D eigenvalue weighted by Gasteiger charge is -2.23. The van der Waals surface area contributed by atoms with E-state index in [0.29, 0.717) is 17.5 Å². The number of hydrogen-bond acceptors (Lipinski definition) is 8. The van der Waals surface area contributed by atoms with E-state index in [9.17, 15) is 24.3 Å². The van der Waals surface area contributed by atoms with Crippen molar-refractivity contribution in [2.24, 2.45) is 0 Å². The van der Waals surface area contributed by atoms with Gasteiger partial charge in [-0.15, -0.1) is 0 Å². The lowest BCUT2D eigenvalue weighted by molar-refractivity contribution is -0.143. The molecule has 166 valence electrons. The van der Waals surface area contributed by atoms with Gasteiger partial charge in [0, 0.05) is 24.2 Å². The van der Waals surface area contributed by atoms with Crippen LogP contribution in [0.15, 0.2) is 12.1 Å². The molecule has 0 amide bonds. The minimum Gasteiger partial charge on any atom is -0.507 e. The summed E-state index contributed by atoms with van der Waals surface area (Å²) in [4.78, 5) is 46.1. The number of rotatable bonds is 15. The third-order valence-corrected chi connectivity index (χ3v) is 4.06. The Morgan fingerprint density at radius 1 is 0.933 bits per heavy atom. The number of aromatic hydroxyl groups is 1. The maximum atomic E-state index is 11.1. The Kier molecular flexibility index (Phi) is 10.3. The van der Waals surface area contributed by atoms with E-state index in [-0.39, 0.29) is 32.0 Å². The molecular weight excluding hydrogens is 400 g/mol. The Morgan fingerprint density at radius 2 is 1.40 bits per heavy atom. The summed E-state index contributed by atoms with van der Waals surface area (Å²) < 4.78 is 4.63. The SMILES string of the molecule is CCCc1cc(CN(COC=O)CC(=O)O)c(O)c(CN(CC(=O)O)CC(=O)O)c1. The molecule has 0 heterocycles. The van der Waals surface area contributed by atoms with Crippen LogP contribution in [-0.4, -0.2) is 81.0 Å². The maximum Gasteiger partial charge on any atom is 0.317 e. The van der Waals surface area contributed by atoms with Crippen molar-refractivity contribution in [2.75, 3.05) is 26.4 Å². The fourth-order valence-corrected chi connectivity index (χ4v) is 3.01. The molecule has 1 rings (SSSR count). The van der Waals surface area contributed by atoms with Gasteiger partial charge in [0.15, 0.2) is 0 Å². The van der Waals surface area contributed by atoms with E-state index in [1.807, 2.05) is 6.92 Å². The second kappa shape index (κ2) is 12.4. The van der Waals surface area contributed by atoms with E-state index in [0.717, 1.165) is 16.9 Å². The fraction of sp³-hybridized carbons (Fsp3) is 0.474. The van der Waals surface area contributed by atoms with Crippen molar-refractivity contribution in [3.05, 3.63) is 28.8 Å². The van der Waals surface area contributed by atoms with Gasteiger partial charge >= 0.3 is 17.9 Å². The summed E-state index contributed by atoms with van der Waals surface area (Å²) in [6.07, 6.45) is 1.42. The van der Waals surface area contributed by atoms with Crippen LogP contribution in [-0.2, 0) is 43.4 Å². The van der Waals surface area contributed by atoms with E-state index < -0.39 is 37.5 Å². The van der Waals surface area contributed by atoms with E-state index in [4.69, 9.17) is 15.3 Å². The highest BCUT2D eigenvalue weighted by molar-refractivity contribution is 5.72. The van der Waals surface area contributed by atoms with Crippen molar-refractivity contribution < 1.29 is 44.3 Å². The highest BCUT2D eigenvalue weighted by atomic mass is 16.5. The Bertz CT molecular complexity index is 751. The standard InChI is InChI=1S/C19H26N2O9/c1-2-3-13-4-14(6-20(8-16(23)24)9-17(25)26)19(29)15(5-13)7-21(10-18(27)28)11-30-12-22/h4-5,12,29H,2-3,6-11H2,1H3,(H,23,24)(H,25,26)(H,27,28). The molecule has 0 aromatic heterocycles. The molecule has 1 aromatic carbocycles. The second-order valence-electron chi connectivity index (χ2n) is 6.72. The predicted octanol–water partition coefficient (Wildman–Crippen LogP) is 0.333. The van der Waals surface area contributed by atoms with Crippen LogP contribution in [0.25, 0.3) is 0 Å². The van der Waals surface area contributed by atoms with Gasteiger partial charge in [-0.3, -0.25) is 29.0 Å². The van der Waals surface area contributed by atoms with Crippen LogP contribution in [0, 0.1) is 0 Å². The van der Waals surface area contributed by atoms with Crippen molar-refractivity contribution in [1.29, 1.82) is 0 Å². The Hall–Kier alpha value is -3.18. The van der Waals surface area contributed by atoms with Crippen LogP contribution in [0.5, 0.6) is 5.75 Å². The van der Waals surface area contributed by atoms with Gasteiger partial charge < -0.3 is 25.2 Å². The fourth-order valence-electron chi connectivity index (χ4n) is 3.01. The van der Waals surface area contributed by atoms with E-state index in [2.05, 4.69) is 4.74 Å². The Balaban J connectivity index is 3.24. The molecule has 0 aliphatic rings. The van der Waals surface area contributed by atoms with Crippen molar-refractivity contribution in [3.8, 4) is 5.75 Å². The predicted molar refractivity (Wildman–Crippen MR) is 103 cm³/mol. The number of aryl methyl sites for hydroxylation is 1. The summed E-state index contributed by atoms with van der Waals surface area (Å²) in [5, 5.41) is 37.8. The van der Waals surface area contributed by atoms with Crippen molar-refractivity contribution in [2.45, 2.75) is 32.9 Å². The molecule has 0 saturated heterocycles. The van der Waals surface area contributed by atoms with Crippen molar-refractivity contribution in [3.63, 3.8) is 0 Å². The van der Waals surface area contributed by atoms with Gasteiger partial charge in [0.2, 0.25) is 0 Å². The molecule has 11 heteroatoms. The van der Waals surface area contributed by atoms with Crippen LogP contribution < -0.4 is 0 Å². The highest BCUT2D eigenvalue weighted by Gasteiger charge is 2.20. The highest BCUT2D eigenvalue weighted by Crippen LogP contribution is 2.28. The molecule has 0 saturated carbocycles. The normalized spacial score (nSPS) is 10.9. The lowest BCUT2D eigenvalue weighted by atomic mass is 10.00. The molecule has 0 bridgehead atoms. The molecule has 0 atom stereocenters. The van der Waals surface area contributed by atoms with Crippen LogP contribution in [0.3, 0.4) is 0 Å². The summed E-state index contributed by atoms with van der Waals surface area (Å²) in [7, 11) is 0. The number of hydrogen-bond donors (Lipinski definition) is 4. The zero-order valence-corrected chi connectivity index (χ0v) is 16.6. The smallest absolute Gasteiger partial charge is 0.317 e. The van der Waals surface area contributed by atoms with Crippen molar-refractivity contribution >= 4 is 24.4 Å². The molecule has 0 fully saturated rings. The van der Waals surface area contributed by atoms with Gasteiger partial charge in [0.25, 0.3) is 6.47 Å². The number of phenolic OH excluding ortho intramolecular Hbond substituents is 1. The average molecular weight is 426 g/mol. The largest absolute Gasteiger partial charge is 0.507 e. The molecular formula is C19H26N2O9. The van der Waals surface area contributed by atoms with Crippen LogP contribution >= 0.6 is 0 Å². The zero-order chi connectivity index (χ0) is 22.7. The second-order valence-corrected chi connectivity index (χ2v) is 6.72. The van der Waals surface area contributed by atoms with Gasteiger partial charge in [-0.1, -0.05) is 25.5 Å². The van der Waals surface area contributed by atoms with Crippen LogP contribution in [0.1, 0.15) is 30.0 Å². The number of carbonyl (C=O) groups excluding carboxylic acids is 1. The summed E-state index contributed by atoms with van der Waals surface area (Å²) in [6.45, 7) is 0.158. The van der Waals surface area contributed by atoms with E-state index in [1.165, 1.54) is 4.90 Å². The molecule has 0 unspecified atom stereocenters. The molecule has 0 aliphatic heterocycles. The minimum absolute atomic E-state index is 0.0472. The first-order valence-corrected chi connectivity index (χ1v) is 9.15. The number of carbonyl (C=O) groups is 4. The molecule has 1 aromatic rings. The summed E-state index contributed by atoms with van der Waals surface area (Å²) >= 11 is 0. The third kappa shape index (κ3) is 8.88. The first-order valence-electron chi connectivity index (χ1n) is 9.15. The summed E-state index contributed by atoms with van der Waals surface area (Å²) in [5.41, 5.74) is 1.50. The summed E-state index contributed by atoms with van der Waals surface area (Å²) in [5.74, 6) is -3.77. The van der Waals surface area contributed by atoms with E-state index in [1.54, 1.807) is 12.1 Å². The van der Waals surface area contributed by atoms with Crippen LogP contribution in [0.2, 0.25) is 0 Å². The monoisotopic (exact) mass is 426 g/mol. The number of carboxylic acid groups (broad SMARTS) is 3. The first kappa shape index (κ1) is 24.9. The zero-order valence-electron chi connectivity index (χ0n) is 16.6. The molecule has 0 radical (unpaired) electrons. The minimum atomic E-state index is -1.21. The number of aliphatic carboxylic acids is 3. The number of carboxylic acids is 3. The Morgan fingerprint density at radius 3 is 1.83 bits per heavy atom. The van der Waals surface area contributed by atoms with Crippen LogP contribution in [0.4, 0.5) is 0 Å². The topological polar surface area (TPSA) is 165 Å².